The first-order chi connectivity index (χ1) is 37.0. The predicted molar refractivity (Wildman–Crippen MR) is 326 cm³/mol. The van der Waals surface area contributed by atoms with Crippen molar-refractivity contribution in [2.75, 3.05) is 13.2 Å². The SMILES string of the molecule is CCCCCCCCCCCCCCCCCCCCCCCCCCCCCCCC(=O)OCC(COC(=O)CCCCCCCCCCCCCC)OC(=O)CCCCCCCCCCCCCCCCCC. The molecule has 0 saturated heterocycles. The minimum atomic E-state index is -0.762. The predicted octanol–water partition coefficient (Wildman–Crippen LogP) is 23.5. The zero-order chi connectivity index (χ0) is 54.3. The van der Waals surface area contributed by atoms with Crippen molar-refractivity contribution in [2.24, 2.45) is 0 Å². The van der Waals surface area contributed by atoms with Gasteiger partial charge in [-0.3, -0.25) is 14.4 Å². The highest BCUT2D eigenvalue weighted by molar-refractivity contribution is 5.71. The number of hydrogen-bond acceptors (Lipinski definition) is 6. The Labute approximate surface area is 469 Å². The van der Waals surface area contributed by atoms with Gasteiger partial charge in [0.05, 0.1) is 0 Å². The van der Waals surface area contributed by atoms with Gasteiger partial charge in [-0.2, -0.15) is 0 Å². The monoisotopic (exact) mass is 1060 g/mol. The molecule has 0 aromatic heterocycles. The van der Waals surface area contributed by atoms with Crippen LogP contribution in [0.25, 0.3) is 0 Å². The molecule has 0 N–H and O–H groups in total. The van der Waals surface area contributed by atoms with Crippen molar-refractivity contribution < 1.29 is 28.6 Å². The van der Waals surface area contributed by atoms with Crippen molar-refractivity contribution >= 4 is 17.9 Å². The lowest BCUT2D eigenvalue weighted by atomic mass is 10.0. The number of carbonyl (C=O) groups excluding carboxylic acids is 3. The van der Waals surface area contributed by atoms with E-state index in [0.29, 0.717) is 19.3 Å². The summed E-state index contributed by atoms with van der Waals surface area (Å²) in [4.78, 5) is 38.3. The van der Waals surface area contributed by atoms with Gasteiger partial charge in [0.1, 0.15) is 13.2 Å². The third-order valence-electron chi connectivity index (χ3n) is 16.1. The summed E-state index contributed by atoms with van der Waals surface area (Å²) >= 11 is 0. The summed E-state index contributed by atoms with van der Waals surface area (Å²) in [5, 5.41) is 0. The second-order valence-corrected chi connectivity index (χ2v) is 23.8. The average molecular weight is 1060 g/mol. The maximum Gasteiger partial charge on any atom is 0.306 e. The Morgan fingerprint density at radius 2 is 0.360 bits per heavy atom. The summed E-state index contributed by atoms with van der Waals surface area (Å²) in [7, 11) is 0. The second-order valence-electron chi connectivity index (χ2n) is 23.8. The summed E-state index contributed by atoms with van der Waals surface area (Å²) in [6.07, 6.45) is 75.7. The van der Waals surface area contributed by atoms with Gasteiger partial charge in [0.25, 0.3) is 0 Å². The van der Waals surface area contributed by atoms with E-state index in [1.165, 1.54) is 308 Å². The van der Waals surface area contributed by atoms with E-state index in [1.54, 1.807) is 0 Å². The van der Waals surface area contributed by atoms with Crippen molar-refractivity contribution in [3.63, 3.8) is 0 Å². The lowest BCUT2D eigenvalue weighted by Gasteiger charge is -2.18. The molecule has 0 heterocycles. The fraction of sp³-hybridized carbons (Fsp3) is 0.957. The Morgan fingerprint density at radius 1 is 0.213 bits per heavy atom. The molecule has 0 bridgehead atoms. The van der Waals surface area contributed by atoms with Crippen LogP contribution in [0.4, 0.5) is 0 Å². The molecular weight excluding hydrogens is 925 g/mol. The Morgan fingerprint density at radius 3 is 0.533 bits per heavy atom. The maximum absolute atomic E-state index is 12.9. The molecule has 446 valence electrons. The van der Waals surface area contributed by atoms with Crippen LogP contribution >= 0.6 is 0 Å². The standard InChI is InChI=1S/C69H134O6/c1-4-7-10-13-16-19-22-25-27-29-30-31-32-33-34-35-36-37-38-39-40-41-43-44-47-50-53-56-59-62-68(71)74-65-66(64-73-67(70)61-58-55-52-49-46-24-21-18-15-12-9-6-3)75-69(72)63-60-57-54-51-48-45-42-28-26-23-20-17-14-11-8-5-2/h66H,4-65H2,1-3H3. The average Bonchev–Trinajstić information content (AvgIpc) is 3.41. The molecule has 0 saturated carbocycles. The van der Waals surface area contributed by atoms with Crippen LogP contribution in [-0.4, -0.2) is 37.2 Å². The number of hydrogen-bond donors (Lipinski definition) is 0. The molecule has 0 aromatic carbocycles. The zero-order valence-electron chi connectivity index (χ0n) is 51.4. The lowest BCUT2D eigenvalue weighted by Crippen LogP contribution is -2.30. The number of rotatable bonds is 65. The molecule has 0 aromatic rings. The van der Waals surface area contributed by atoms with Gasteiger partial charge in [-0.25, -0.2) is 0 Å². The van der Waals surface area contributed by atoms with Crippen LogP contribution in [0.1, 0.15) is 406 Å². The number of esters is 3. The molecule has 75 heavy (non-hydrogen) atoms. The molecule has 0 radical (unpaired) electrons. The van der Waals surface area contributed by atoms with E-state index in [4.69, 9.17) is 14.2 Å². The largest absolute Gasteiger partial charge is 0.462 e. The van der Waals surface area contributed by atoms with Crippen LogP contribution in [0.15, 0.2) is 0 Å². The lowest BCUT2D eigenvalue weighted by molar-refractivity contribution is -0.167. The van der Waals surface area contributed by atoms with Crippen molar-refractivity contribution in [3.8, 4) is 0 Å². The van der Waals surface area contributed by atoms with E-state index < -0.39 is 6.10 Å². The summed E-state index contributed by atoms with van der Waals surface area (Å²) in [6, 6.07) is 0. The van der Waals surface area contributed by atoms with E-state index >= 15 is 0 Å². The van der Waals surface area contributed by atoms with E-state index in [0.717, 1.165) is 57.8 Å². The molecule has 6 nitrogen and oxygen atoms in total. The molecule has 1 unspecified atom stereocenters. The normalized spacial score (nSPS) is 11.9. The van der Waals surface area contributed by atoms with E-state index in [-0.39, 0.29) is 31.1 Å². The van der Waals surface area contributed by atoms with Crippen LogP contribution < -0.4 is 0 Å². The fourth-order valence-corrected chi connectivity index (χ4v) is 10.9. The third kappa shape index (κ3) is 63.1. The van der Waals surface area contributed by atoms with Gasteiger partial charge in [-0.1, -0.05) is 367 Å². The van der Waals surface area contributed by atoms with Gasteiger partial charge in [-0.15, -0.1) is 0 Å². The van der Waals surface area contributed by atoms with Gasteiger partial charge in [0, 0.05) is 19.3 Å². The molecule has 0 aliphatic rings. The van der Waals surface area contributed by atoms with Gasteiger partial charge in [0.15, 0.2) is 6.10 Å². The fourth-order valence-electron chi connectivity index (χ4n) is 10.9. The maximum atomic E-state index is 12.9. The molecule has 0 aliphatic carbocycles. The summed E-state index contributed by atoms with van der Waals surface area (Å²) in [6.45, 7) is 6.73. The second kappa shape index (κ2) is 64.9. The van der Waals surface area contributed by atoms with Gasteiger partial charge in [-0.05, 0) is 19.3 Å². The summed E-state index contributed by atoms with van der Waals surface area (Å²) < 4.78 is 17.0. The molecule has 0 spiro atoms. The van der Waals surface area contributed by atoms with Crippen LogP contribution in [0.3, 0.4) is 0 Å². The Kier molecular flexibility index (Phi) is 63.6. The molecule has 0 fully saturated rings. The van der Waals surface area contributed by atoms with Crippen molar-refractivity contribution in [3.05, 3.63) is 0 Å². The topological polar surface area (TPSA) is 78.9 Å². The molecule has 0 rings (SSSR count). The van der Waals surface area contributed by atoms with Crippen molar-refractivity contribution in [1.29, 1.82) is 0 Å². The van der Waals surface area contributed by atoms with Gasteiger partial charge in [0.2, 0.25) is 0 Å². The number of carbonyl (C=O) groups is 3. The van der Waals surface area contributed by atoms with Crippen LogP contribution in [0.5, 0.6) is 0 Å². The van der Waals surface area contributed by atoms with Crippen LogP contribution in [0, 0.1) is 0 Å². The first kappa shape index (κ1) is 73.4. The molecular formula is C69H134O6. The molecule has 6 heteroatoms. The van der Waals surface area contributed by atoms with E-state index in [2.05, 4.69) is 20.8 Å². The molecule has 0 amide bonds. The zero-order valence-corrected chi connectivity index (χ0v) is 51.4. The minimum absolute atomic E-state index is 0.0605. The number of ether oxygens (including phenoxy) is 3. The van der Waals surface area contributed by atoms with E-state index in [1.807, 2.05) is 0 Å². The first-order valence-corrected chi connectivity index (χ1v) is 34.5. The van der Waals surface area contributed by atoms with Gasteiger partial charge < -0.3 is 14.2 Å². The Hall–Kier alpha value is -1.59. The Balaban J connectivity index is 4.09. The van der Waals surface area contributed by atoms with Crippen LogP contribution in [-0.2, 0) is 28.6 Å². The quantitative estimate of drug-likeness (QED) is 0.0343. The minimum Gasteiger partial charge on any atom is -0.462 e. The highest BCUT2D eigenvalue weighted by Gasteiger charge is 2.19. The highest BCUT2D eigenvalue weighted by atomic mass is 16.6. The van der Waals surface area contributed by atoms with Crippen molar-refractivity contribution in [2.45, 2.75) is 412 Å². The molecule has 1 atom stereocenters. The van der Waals surface area contributed by atoms with Crippen LogP contribution in [0.2, 0.25) is 0 Å². The summed E-state index contributed by atoms with van der Waals surface area (Å²) in [5.74, 6) is -0.825. The first-order valence-electron chi connectivity index (χ1n) is 34.5. The van der Waals surface area contributed by atoms with E-state index in [9.17, 15) is 14.4 Å². The Bertz CT molecular complexity index is 1120. The third-order valence-corrected chi connectivity index (χ3v) is 16.1. The smallest absolute Gasteiger partial charge is 0.306 e. The van der Waals surface area contributed by atoms with Gasteiger partial charge >= 0.3 is 17.9 Å². The number of unbranched alkanes of at least 4 members (excludes halogenated alkanes) is 54. The highest BCUT2D eigenvalue weighted by Crippen LogP contribution is 2.19. The molecule has 0 aliphatic heterocycles. The summed E-state index contributed by atoms with van der Waals surface area (Å²) in [5.41, 5.74) is 0. The van der Waals surface area contributed by atoms with Crippen molar-refractivity contribution in [1.82, 2.24) is 0 Å².